The lowest BCUT2D eigenvalue weighted by molar-refractivity contribution is -0.147. The molecule has 1 fully saturated rings. The summed E-state index contributed by atoms with van der Waals surface area (Å²) in [7, 11) is 0. The lowest BCUT2D eigenvalue weighted by Crippen LogP contribution is -2.40. The van der Waals surface area contributed by atoms with E-state index in [0.717, 1.165) is 6.07 Å². The molecule has 3 unspecified atom stereocenters. The summed E-state index contributed by atoms with van der Waals surface area (Å²) in [6, 6.07) is 14.3. The van der Waals surface area contributed by atoms with Crippen LogP contribution in [0.25, 0.3) is 0 Å². The fourth-order valence-electron chi connectivity index (χ4n) is 5.16. The number of aliphatic hydroxyl groups excluding tert-OH is 1. The Labute approximate surface area is 228 Å². The molecule has 1 amide bonds. The lowest BCUT2D eigenvalue weighted by atomic mass is 9.87. The molecule has 214 valence electrons. The van der Waals surface area contributed by atoms with E-state index in [1.54, 1.807) is 35.2 Å². The molecule has 39 heavy (non-hydrogen) atoms. The number of β-amino-alcohol motifs (C(OH)–C–C–N with tert-alkyl or cyclic N) is 1. The van der Waals surface area contributed by atoms with Crippen molar-refractivity contribution in [3.63, 3.8) is 0 Å². The number of alkyl halides is 3. The number of ether oxygens (including phenoxy) is 1. The Bertz CT molecular complexity index is 1080. The first-order chi connectivity index (χ1) is 18.5. The first-order valence-corrected chi connectivity index (χ1v) is 13.5. The fourth-order valence-corrected chi connectivity index (χ4v) is 5.16. The van der Waals surface area contributed by atoms with Crippen molar-refractivity contribution in [2.45, 2.75) is 51.8 Å². The number of likely N-dealkylation sites (tertiary alicyclic amines) is 1. The van der Waals surface area contributed by atoms with E-state index in [1.165, 1.54) is 12.1 Å². The molecule has 0 saturated carbocycles. The Hall–Kier alpha value is -2.91. The van der Waals surface area contributed by atoms with Gasteiger partial charge in [0.25, 0.3) is 5.91 Å². The number of benzene rings is 2. The Kier molecular flexibility index (Phi) is 10.9. The van der Waals surface area contributed by atoms with Gasteiger partial charge in [0.15, 0.2) is 0 Å². The quantitative estimate of drug-likeness (QED) is 0.368. The van der Waals surface area contributed by atoms with Crippen molar-refractivity contribution >= 4 is 11.9 Å². The molecule has 1 aliphatic heterocycles. The van der Waals surface area contributed by atoms with Crippen LogP contribution in [0, 0.1) is 11.8 Å². The molecule has 0 aliphatic carbocycles. The number of hydrogen-bond acceptors (Lipinski definition) is 5. The van der Waals surface area contributed by atoms with Crippen LogP contribution in [0.2, 0.25) is 0 Å². The number of carbonyl (C=O) groups excluding carboxylic acids is 2. The number of hydrogen-bond donors (Lipinski definition) is 1. The Balaban J connectivity index is 1.83. The molecule has 1 saturated heterocycles. The second-order valence-corrected chi connectivity index (χ2v) is 10.8. The van der Waals surface area contributed by atoms with Crippen LogP contribution >= 0.6 is 0 Å². The third-order valence-electron chi connectivity index (χ3n) is 6.87. The van der Waals surface area contributed by atoms with Crippen LogP contribution in [0.15, 0.2) is 54.6 Å². The van der Waals surface area contributed by atoms with Gasteiger partial charge >= 0.3 is 12.1 Å². The van der Waals surface area contributed by atoms with Crippen molar-refractivity contribution in [1.82, 2.24) is 9.80 Å². The predicted molar refractivity (Wildman–Crippen MR) is 143 cm³/mol. The van der Waals surface area contributed by atoms with Gasteiger partial charge < -0.3 is 14.7 Å². The highest BCUT2D eigenvalue weighted by Crippen LogP contribution is 2.37. The van der Waals surface area contributed by atoms with Crippen LogP contribution in [0.3, 0.4) is 0 Å². The maximum Gasteiger partial charge on any atom is 0.416 e. The van der Waals surface area contributed by atoms with Crippen LogP contribution in [0.1, 0.15) is 61.0 Å². The van der Waals surface area contributed by atoms with Crippen LogP contribution in [-0.2, 0) is 15.7 Å². The van der Waals surface area contributed by atoms with Gasteiger partial charge in [-0.25, -0.2) is 0 Å². The average Bonchev–Trinajstić information content (AvgIpc) is 3.28. The molecule has 2 aromatic rings. The normalized spacial score (nSPS) is 18.8. The maximum absolute atomic E-state index is 13.5. The highest BCUT2D eigenvalue weighted by Gasteiger charge is 2.38. The third kappa shape index (κ3) is 9.07. The molecule has 1 N–H and O–H groups in total. The molecule has 0 bridgehead atoms. The van der Waals surface area contributed by atoms with Gasteiger partial charge in [0.1, 0.15) is 12.7 Å². The summed E-state index contributed by atoms with van der Waals surface area (Å²) in [6.45, 7) is 7.75. The van der Waals surface area contributed by atoms with Gasteiger partial charge in [-0.15, -0.1) is 0 Å². The SMILES string of the molecule is CCCC(=O)OCC(O)CN1CC(CN(CC(C)C)C(=O)c2ccccc2)C(c2cccc(C(F)(F)F)c2)C1. The predicted octanol–water partition coefficient (Wildman–Crippen LogP) is 5.22. The highest BCUT2D eigenvalue weighted by molar-refractivity contribution is 5.94. The van der Waals surface area contributed by atoms with E-state index in [9.17, 15) is 27.9 Å². The number of amides is 1. The number of halogens is 3. The number of rotatable bonds is 12. The van der Waals surface area contributed by atoms with E-state index in [0.29, 0.717) is 43.7 Å². The van der Waals surface area contributed by atoms with Crippen molar-refractivity contribution in [3.8, 4) is 0 Å². The topological polar surface area (TPSA) is 70.1 Å². The van der Waals surface area contributed by atoms with Crippen LogP contribution in [0.5, 0.6) is 0 Å². The first kappa shape index (κ1) is 30.6. The zero-order chi connectivity index (χ0) is 28.6. The Morgan fingerprint density at radius 2 is 1.82 bits per heavy atom. The molecular weight excluding hydrogens is 509 g/mol. The van der Waals surface area contributed by atoms with Gasteiger partial charge in [0.2, 0.25) is 0 Å². The minimum absolute atomic E-state index is 0.117. The number of aliphatic hydroxyl groups is 1. The van der Waals surface area contributed by atoms with Gasteiger partial charge in [0.05, 0.1) is 5.56 Å². The van der Waals surface area contributed by atoms with Crippen molar-refractivity contribution in [2.75, 3.05) is 39.3 Å². The van der Waals surface area contributed by atoms with E-state index in [-0.39, 0.29) is 49.2 Å². The van der Waals surface area contributed by atoms with Crippen molar-refractivity contribution in [2.24, 2.45) is 11.8 Å². The number of carbonyl (C=O) groups is 2. The monoisotopic (exact) mass is 548 g/mol. The third-order valence-corrected chi connectivity index (χ3v) is 6.87. The van der Waals surface area contributed by atoms with Gasteiger partial charge in [0, 0.05) is 50.6 Å². The van der Waals surface area contributed by atoms with Gasteiger partial charge in [-0.3, -0.25) is 14.5 Å². The van der Waals surface area contributed by atoms with E-state index in [4.69, 9.17) is 4.74 Å². The summed E-state index contributed by atoms with van der Waals surface area (Å²) >= 11 is 0. The smallest absolute Gasteiger partial charge is 0.416 e. The molecule has 0 spiro atoms. The Morgan fingerprint density at radius 1 is 1.10 bits per heavy atom. The van der Waals surface area contributed by atoms with Crippen LogP contribution in [0.4, 0.5) is 13.2 Å². The molecule has 3 rings (SSSR count). The van der Waals surface area contributed by atoms with Crippen molar-refractivity contribution < 1.29 is 32.6 Å². The van der Waals surface area contributed by atoms with Crippen molar-refractivity contribution in [1.29, 1.82) is 0 Å². The zero-order valence-corrected chi connectivity index (χ0v) is 22.9. The Morgan fingerprint density at radius 3 is 2.46 bits per heavy atom. The minimum atomic E-state index is -4.46. The summed E-state index contributed by atoms with van der Waals surface area (Å²) < 4.78 is 45.7. The largest absolute Gasteiger partial charge is 0.463 e. The van der Waals surface area contributed by atoms with Gasteiger partial charge in [-0.05, 0) is 42.0 Å². The summed E-state index contributed by atoms with van der Waals surface area (Å²) in [4.78, 5) is 28.9. The van der Waals surface area contributed by atoms with Crippen molar-refractivity contribution in [3.05, 3.63) is 71.3 Å². The molecule has 1 aliphatic rings. The summed E-state index contributed by atoms with van der Waals surface area (Å²) in [5.41, 5.74) is 0.408. The minimum Gasteiger partial charge on any atom is -0.463 e. The zero-order valence-electron chi connectivity index (χ0n) is 22.9. The molecule has 0 radical (unpaired) electrons. The number of nitrogens with zero attached hydrogens (tertiary/aromatic N) is 2. The fraction of sp³-hybridized carbons (Fsp3) is 0.533. The van der Waals surface area contributed by atoms with E-state index < -0.39 is 17.8 Å². The van der Waals surface area contributed by atoms with E-state index in [2.05, 4.69) is 0 Å². The van der Waals surface area contributed by atoms with E-state index >= 15 is 0 Å². The van der Waals surface area contributed by atoms with Crippen LogP contribution in [-0.4, -0.2) is 72.2 Å². The maximum atomic E-state index is 13.5. The van der Waals surface area contributed by atoms with Gasteiger partial charge in [-0.2, -0.15) is 13.2 Å². The molecule has 3 atom stereocenters. The second-order valence-electron chi connectivity index (χ2n) is 10.8. The standard InChI is InChI=1S/C30H39F3N2O4/c1-4-9-28(37)39-20-26(36)18-34-16-24(27(19-34)23-12-8-13-25(14-23)30(31,32)33)17-35(15-21(2)3)29(38)22-10-6-5-7-11-22/h5-8,10-14,21,24,26-27,36H,4,9,15-20H2,1-3H3. The average molecular weight is 549 g/mol. The molecular formula is C30H39F3N2O4. The second kappa shape index (κ2) is 13.9. The molecule has 1 heterocycles. The highest BCUT2D eigenvalue weighted by atomic mass is 19.4. The first-order valence-electron chi connectivity index (χ1n) is 13.5. The number of esters is 1. The molecule has 0 aromatic heterocycles. The van der Waals surface area contributed by atoms with E-state index in [1.807, 2.05) is 31.7 Å². The summed E-state index contributed by atoms with van der Waals surface area (Å²) in [6.07, 6.45) is -4.47. The summed E-state index contributed by atoms with van der Waals surface area (Å²) in [5.74, 6) is -0.730. The van der Waals surface area contributed by atoms with Gasteiger partial charge in [-0.1, -0.05) is 57.2 Å². The molecule has 9 heteroatoms. The molecule has 2 aromatic carbocycles. The molecule has 6 nitrogen and oxygen atoms in total. The summed E-state index contributed by atoms with van der Waals surface area (Å²) in [5, 5.41) is 10.5. The van der Waals surface area contributed by atoms with Crippen LogP contribution < -0.4 is 0 Å². The lowest BCUT2D eigenvalue weighted by Gasteiger charge is -2.30.